The highest BCUT2D eigenvalue weighted by molar-refractivity contribution is 6.34. The van der Waals surface area contributed by atoms with Gasteiger partial charge in [-0.25, -0.2) is 18.7 Å². The fraction of sp³-hybridized carbons (Fsp3) is 0.194. The number of aromatic nitrogens is 3. The average Bonchev–Trinajstić information content (AvgIpc) is 2.99. The van der Waals surface area contributed by atoms with Crippen LogP contribution in [-0.2, 0) is 19.3 Å². The van der Waals surface area contributed by atoms with Crippen molar-refractivity contribution in [2.24, 2.45) is 0 Å². The van der Waals surface area contributed by atoms with Gasteiger partial charge < -0.3 is 19.4 Å². The number of halogens is 6. The van der Waals surface area contributed by atoms with E-state index in [0.29, 0.717) is 11.5 Å². The molecule has 0 atom stereocenters. The predicted molar refractivity (Wildman–Crippen MR) is 156 cm³/mol. The quantitative estimate of drug-likeness (QED) is 0.142. The molecule has 0 amide bonds. The number of hydrogen-bond acceptors (Lipinski definition) is 6. The van der Waals surface area contributed by atoms with E-state index >= 15 is 8.78 Å². The van der Waals surface area contributed by atoms with Gasteiger partial charge in [-0.15, -0.1) is 0 Å². The maximum atomic E-state index is 15.9. The van der Waals surface area contributed by atoms with Crippen molar-refractivity contribution in [3.63, 3.8) is 0 Å². The number of benzene rings is 3. The number of rotatable bonds is 8. The van der Waals surface area contributed by atoms with Crippen LogP contribution >= 0.6 is 11.6 Å². The number of ether oxygens (including phenoxy) is 2. The van der Waals surface area contributed by atoms with Crippen LogP contribution in [0.25, 0.3) is 22.2 Å². The Labute approximate surface area is 252 Å². The highest BCUT2D eigenvalue weighted by Crippen LogP contribution is 2.44. The second kappa shape index (κ2) is 12.1. The molecule has 0 aliphatic heterocycles. The number of aryl methyl sites for hydroxylation is 1. The first kappa shape index (κ1) is 30.7. The Hall–Kier alpha value is -4.71. The monoisotopic (exact) mass is 630 g/mol. The number of methoxy groups -OCH3 is 2. The largest absolute Gasteiger partial charge is 0.497 e. The molecule has 7 nitrogen and oxygen atoms in total. The summed E-state index contributed by atoms with van der Waals surface area (Å²) in [5, 5.41) is -1.85. The molecule has 2 aromatic heterocycles. The molecular formula is C31H24ClF5N4O3. The zero-order chi connectivity index (χ0) is 31.8. The average molecular weight is 631 g/mol. The molecule has 2 heterocycles. The van der Waals surface area contributed by atoms with Crippen molar-refractivity contribution >= 4 is 28.3 Å². The third kappa shape index (κ3) is 5.89. The van der Waals surface area contributed by atoms with Crippen LogP contribution in [0.5, 0.6) is 11.5 Å². The lowest BCUT2D eigenvalue weighted by atomic mass is 9.98. The molecule has 44 heavy (non-hydrogen) atoms. The summed E-state index contributed by atoms with van der Waals surface area (Å²) in [5.74, 6) is -1.58. The normalized spacial score (nSPS) is 11.6. The number of aromatic amines is 1. The molecule has 3 aromatic carbocycles. The van der Waals surface area contributed by atoms with Gasteiger partial charge >= 0.3 is 6.18 Å². The van der Waals surface area contributed by atoms with E-state index in [1.54, 1.807) is 53.4 Å². The molecule has 5 aromatic rings. The van der Waals surface area contributed by atoms with Gasteiger partial charge in [0.1, 0.15) is 28.2 Å². The number of hydrogen-bond donors (Lipinski definition) is 1. The van der Waals surface area contributed by atoms with Crippen LogP contribution in [0.3, 0.4) is 0 Å². The lowest BCUT2D eigenvalue weighted by molar-refractivity contribution is -0.137. The SMILES string of the molecule is COc1ccc(CN(Cc2ccc(OC)cc2)c2cc(C)c(C(F)(F)F)c(-c3c(Cl)c(F)c4c(=O)[nH]cnc4c3F)n2)cc1. The number of nitrogens with one attached hydrogen (secondary N) is 1. The molecule has 0 aliphatic rings. The van der Waals surface area contributed by atoms with Crippen LogP contribution in [0.15, 0.2) is 65.7 Å². The molecule has 0 aliphatic carbocycles. The Kier molecular flexibility index (Phi) is 8.46. The van der Waals surface area contributed by atoms with Gasteiger partial charge in [-0.1, -0.05) is 35.9 Å². The van der Waals surface area contributed by atoms with E-state index in [9.17, 15) is 18.0 Å². The van der Waals surface area contributed by atoms with Crippen LogP contribution in [0.1, 0.15) is 22.3 Å². The summed E-state index contributed by atoms with van der Waals surface area (Å²) in [6.45, 7) is 1.54. The minimum atomic E-state index is -5.02. The number of nitrogens with zero attached hydrogens (tertiary/aromatic N) is 3. The minimum absolute atomic E-state index is 0.0342. The Bertz CT molecular complexity index is 1850. The minimum Gasteiger partial charge on any atom is -0.497 e. The number of H-pyrrole nitrogens is 1. The highest BCUT2D eigenvalue weighted by Gasteiger charge is 2.39. The molecule has 0 saturated heterocycles. The number of pyridine rings is 1. The van der Waals surface area contributed by atoms with Gasteiger partial charge in [-0.2, -0.15) is 13.2 Å². The van der Waals surface area contributed by atoms with Crippen LogP contribution in [0.2, 0.25) is 5.02 Å². The number of fused-ring (bicyclic) bond motifs is 1. The van der Waals surface area contributed by atoms with Gasteiger partial charge in [-0.3, -0.25) is 4.79 Å². The van der Waals surface area contributed by atoms with E-state index in [0.717, 1.165) is 17.5 Å². The standard InChI is InChI=1S/C31H24ClF5N4O3/c1-16-12-21(41(13-17-4-8-19(43-2)9-5-17)14-18-6-10-20(44-3)11-7-18)40-28(24(16)31(35,36)37)22-25(32)26(33)23-29(27(22)34)38-15-39-30(23)42/h4-12,15H,13-14H2,1-3H3,(H,38,39,42). The molecule has 0 saturated carbocycles. The summed E-state index contributed by atoms with van der Waals surface area (Å²) in [7, 11) is 3.04. The molecule has 0 spiro atoms. The first-order valence-corrected chi connectivity index (χ1v) is 13.4. The third-order valence-electron chi connectivity index (χ3n) is 7.02. The molecule has 0 bridgehead atoms. The van der Waals surface area contributed by atoms with Crippen molar-refractivity contribution in [1.82, 2.24) is 15.0 Å². The molecule has 0 fully saturated rings. The third-order valence-corrected chi connectivity index (χ3v) is 7.38. The van der Waals surface area contributed by atoms with E-state index in [1.165, 1.54) is 27.2 Å². The van der Waals surface area contributed by atoms with E-state index < -0.39 is 56.1 Å². The van der Waals surface area contributed by atoms with Crippen molar-refractivity contribution in [1.29, 1.82) is 0 Å². The summed E-state index contributed by atoms with van der Waals surface area (Å²) in [5.41, 5.74) is -3.79. The molecule has 1 N–H and O–H groups in total. The Morgan fingerprint density at radius 2 is 1.45 bits per heavy atom. The van der Waals surface area contributed by atoms with Gasteiger partial charge in [-0.05, 0) is 53.9 Å². The second-order valence-corrected chi connectivity index (χ2v) is 10.2. The first-order valence-electron chi connectivity index (χ1n) is 13.1. The fourth-order valence-corrected chi connectivity index (χ4v) is 5.16. The zero-order valence-corrected chi connectivity index (χ0v) is 24.3. The molecular weight excluding hydrogens is 607 g/mol. The molecule has 228 valence electrons. The molecule has 5 rings (SSSR count). The van der Waals surface area contributed by atoms with Gasteiger partial charge in [0, 0.05) is 13.1 Å². The summed E-state index contributed by atoms with van der Waals surface area (Å²) < 4.78 is 85.2. The topological polar surface area (TPSA) is 80.3 Å². The van der Waals surface area contributed by atoms with Crippen LogP contribution in [0.4, 0.5) is 27.8 Å². The first-order chi connectivity index (χ1) is 20.9. The summed E-state index contributed by atoms with van der Waals surface area (Å²) in [4.78, 5) is 24.0. The van der Waals surface area contributed by atoms with Gasteiger partial charge in [0.2, 0.25) is 0 Å². The summed E-state index contributed by atoms with van der Waals surface area (Å²) in [6, 6.07) is 15.3. The lowest BCUT2D eigenvalue weighted by Gasteiger charge is -2.27. The van der Waals surface area contributed by atoms with E-state index in [-0.39, 0.29) is 24.5 Å². The van der Waals surface area contributed by atoms with Crippen molar-refractivity contribution in [3.05, 3.63) is 110 Å². The van der Waals surface area contributed by atoms with E-state index in [4.69, 9.17) is 21.1 Å². The Morgan fingerprint density at radius 3 is 1.95 bits per heavy atom. The van der Waals surface area contributed by atoms with Crippen LogP contribution < -0.4 is 19.9 Å². The smallest absolute Gasteiger partial charge is 0.418 e. The van der Waals surface area contributed by atoms with Crippen molar-refractivity contribution in [2.75, 3.05) is 19.1 Å². The Morgan fingerprint density at radius 1 is 0.909 bits per heavy atom. The summed E-state index contributed by atoms with van der Waals surface area (Å²) >= 11 is 6.17. The van der Waals surface area contributed by atoms with Crippen molar-refractivity contribution in [3.8, 4) is 22.8 Å². The maximum Gasteiger partial charge on any atom is 0.418 e. The molecule has 0 unspecified atom stereocenters. The van der Waals surface area contributed by atoms with Crippen molar-refractivity contribution in [2.45, 2.75) is 26.2 Å². The fourth-order valence-electron chi connectivity index (χ4n) is 4.89. The van der Waals surface area contributed by atoms with E-state index in [1.807, 2.05) is 0 Å². The number of alkyl halides is 3. The van der Waals surface area contributed by atoms with Crippen LogP contribution in [-0.4, -0.2) is 29.2 Å². The highest BCUT2D eigenvalue weighted by atomic mass is 35.5. The van der Waals surface area contributed by atoms with Crippen molar-refractivity contribution < 1.29 is 31.4 Å². The zero-order valence-electron chi connectivity index (χ0n) is 23.5. The predicted octanol–water partition coefficient (Wildman–Crippen LogP) is 7.47. The van der Waals surface area contributed by atoms with Gasteiger partial charge in [0.15, 0.2) is 11.6 Å². The maximum absolute atomic E-state index is 15.9. The van der Waals surface area contributed by atoms with Crippen LogP contribution in [0, 0.1) is 18.6 Å². The van der Waals surface area contributed by atoms with Gasteiger partial charge in [0.25, 0.3) is 5.56 Å². The molecule has 0 radical (unpaired) electrons. The summed E-state index contributed by atoms with van der Waals surface area (Å²) in [6.07, 6.45) is -4.21. The molecule has 13 heteroatoms. The Balaban J connectivity index is 1.74. The second-order valence-electron chi connectivity index (χ2n) is 9.84. The number of anilines is 1. The van der Waals surface area contributed by atoms with E-state index in [2.05, 4.69) is 15.0 Å². The lowest BCUT2D eigenvalue weighted by Crippen LogP contribution is -2.24. The van der Waals surface area contributed by atoms with Gasteiger partial charge in [0.05, 0.1) is 42.4 Å².